The number of carbonyl (C=O) groups excluding carboxylic acids is 1. The van der Waals surface area contributed by atoms with E-state index in [1.54, 1.807) is 7.11 Å². The lowest BCUT2D eigenvalue weighted by atomic mass is 10.0. The van der Waals surface area contributed by atoms with Gasteiger partial charge in [0.15, 0.2) is 5.65 Å². The molecule has 1 aliphatic rings. The Morgan fingerprint density at radius 1 is 1.14 bits per heavy atom. The van der Waals surface area contributed by atoms with Gasteiger partial charge in [-0.15, -0.1) is 0 Å². The van der Waals surface area contributed by atoms with Crippen molar-refractivity contribution in [3.05, 3.63) is 47.3 Å². The number of fused-ring (bicyclic) bond motifs is 1. The van der Waals surface area contributed by atoms with Gasteiger partial charge in [0.1, 0.15) is 5.75 Å². The van der Waals surface area contributed by atoms with E-state index in [1.165, 1.54) is 6.42 Å². The van der Waals surface area contributed by atoms with Crippen molar-refractivity contribution in [3.63, 3.8) is 0 Å². The smallest absolute Gasteiger partial charge is 0.222 e. The maximum Gasteiger partial charge on any atom is 0.222 e. The third-order valence-electron chi connectivity index (χ3n) is 5.84. The third kappa shape index (κ3) is 3.84. The number of ether oxygens (including phenoxy) is 1. The van der Waals surface area contributed by atoms with E-state index in [1.807, 2.05) is 46.7 Å². The molecule has 6 nitrogen and oxygen atoms in total. The highest BCUT2D eigenvalue weighted by molar-refractivity contribution is 5.76. The molecular weight excluding hydrogens is 364 g/mol. The largest absolute Gasteiger partial charge is 0.496 e. The summed E-state index contributed by atoms with van der Waals surface area (Å²) in [7, 11) is 1.67. The Balaban J connectivity index is 1.61. The Kier molecular flexibility index (Phi) is 5.51. The minimum atomic E-state index is 0.249. The third-order valence-corrected chi connectivity index (χ3v) is 5.84. The number of methoxy groups -OCH3 is 1. The first-order valence-electron chi connectivity index (χ1n) is 10.4. The van der Waals surface area contributed by atoms with Crippen molar-refractivity contribution in [1.29, 1.82) is 0 Å². The fourth-order valence-corrected chi connectivity index (χ4v) is 4.21. The first-order valence-corrected chi connectivity index (χ1v) is 10.4. The lowest BCUT2D eigenvalue weighted by molar-refractivity contribution is -0.132. The van der Waals surface area contributed by atoms with Gasteiger partial charge in [0.05, 0.1) is 12.8 Å². The summed E-state index contributed by atoms with van der Waals surface area (Å²) in [5.74, 6) is 1.04. The summed E-state index contributed by atoms with van der Waals surface area (Å²) in [5.41, 5.74) is 5.70. The van der Waals surface area contributed by atoms with Crippen LogP contribution in [-0.2, 0) is 11.2 Å². The van der Waals surface area contributed by atoms with Crippen LogP contribution in [0.4, 0.5) is 0 Å². The van der Waals surface area contributed by atoms with Crippen molar-refractivity contribution < 1.29 is 9.53 Å². The summed E-state index contributed by atoms with van der Waals surface area (Å²) < 4.78 is 7.37. The molecule has 4 rings (SSSR count). The molecule has 0 spiro atoms. The number of amides is 1. The summed E-state index contributed by atoms with van der Waals surface area (Å²) in [6.07, 6.45) is 4.69. The van der Waals surface area contributed by atoms with Crippen molar-refractivity contribution in [2.45, 2.75) is 46.0 Å². The Hall–Kier alpha value is -2.89. The molecule has 3 aromatic rings. The first kappa shape index (κ1) is 19.4. The maximum atomic E-state index is 12.6. The van der Waals surface area contributed by atoms with Crippen LogP contribution in [-0.4, -0.2) is 45.6 Å². The number of hydrogen-bond donors (Lipinski definition) is 0. The lowest BCUT2D eigenvalue weighted by Gasteiger charge is -2.26. The number of aromatic nitrogens is 3. The molecule has 1 amide bonds. The molecule has 0 radical (unpaired) electrons. The Morgan fingerprint density at radius 2 is 1.90 bits per heavy atom. The van der Waals surface area contributed by atoms with Gasteiger partial charge in [0.2, 0.25) is 5.91 Å². The molecule has 29 heavy (non-hydrogen) atoms. The van der Waals surface area contributed by atoms with Crippen molar-refractivity contribution in [3.8, 4) is 17.0 Å². The van der Waals surface area contributed by atoms with Crippen LogP contribution in [0.5, 0.6) is 5.75 Å². The van der Waals surface area contributed by atoms with E-state index in [0.29, 0.717) is 12.8 Å². The molecule has 1 aliphatic heterocycles. The maximum absolute atomic E-state index is 12.6. The second-order valence-electron chi connectivity index (χ2n) is 7.70. The van der Waals surface area contributed by atoms with Gasteiger partial charge < -0.3 is 9.64 Å². The van der Waals surface area contributed by atoms with E-state index in [9.17, 15) is 4.79 Å². The van der Waals surface area contributed by atoms with Gasteiger partial charge in [-0.05, 0) is 57.2 Å². The summed E-state index contributed by atoms with van der Waals surface area (Å²) in [6, 6.07) is 9.85. The molecule has 1 saturated heterocycles. The quantitative estimate of drug-likeness (QED) is 0.659. The Labute approximate surface area is 171 Å². The molecule has 0 saturated carbocycles. The molecule has 0 unspecified atom stereocenters. The zero-order chi connectivity index (χ0) is 20.4. The number of piperidine rings is 1. The lowest BCUT2D eigenvalue weighted by Crippen LogP contribution is -2.35. The van der Waals surface area contributed by atoms with Crippen LogP contribution >= 0.6 is 0 Å². The average Bonchev–Trinajstić information content (AvgIpc) is 3.18. The molecule has 2 aromatic heterocycles. The topological polar surface area (TPSA) is 59.7 Å². The standard InChI is InChI=1S/C23H28N4O2/c1-16-18(11-12-23(28)26-13-7-4-8-14-26)17(2)27-22(24-16)15-20(25-27)19-9-5-6-10-21(19)29-3/h5-6,9-10,15H,4,7-8,11-14H2,1-3H3. The summed E-state index contributed by atoms with van der Waals surface area (Å²) >= 11 is 0. The molecular formula is C23H28N4O2. The van der Waals surface area contributed by atoms with Gasteiger partial charge in [-0.3, -0.25) is 4.79 Å². The van der Waals surface area contributed by atoms with Crippen LogP contribution in [0.3, 0.4) is 0 Å². The number of hydrogen-bond acceptors (Lipinski definition) is 4. The van der Waals surface area contributed by atoms with Crippen molar-refractivity contribution in [2.75, 3.05) is 20.2 Å². The first-order chi connectivity index (χ1) is 14.1. The molecule has 0 aliphatic carbocycles. The van der Waals surface area contributed by atoms with Crippen molar-refractivity contribution in [1.82, 2.24) is 19.5 Å². The number of nitrogens with zero attached hydrogens (tertiary/aromatic N) is 4. The minimum absolute atomic E-state index is 0.249. The number of rotatable bonds is 5. The Bertz CT molecular complexity index is 1030. The molecule has 0 atom stereocenters. The molecule has 6 heteroatoms. The van der Waals surface area contributed by atoms with Gasteiger partial charge >= 0.3 is 0 Å². The summed E-state index contributed by atoms with van der Waals surface area (Å²) in [4.78, 5) is 19.4. The van der Waals surface area contributed by atoms with Crippen LogP contribution in [0, 0.1) is 13.8 Å². The predicted molar refractivity (Wildman–Crippen MR) is 113 cm³/mol. The number of likely N-dealkylation sites (tertiary alicyclic amines) is 1. The molecule has 3 heterocycles. The fourth-order valence-electron chi connectivity index (χ4n) is 4.21. The van der Waals surface area contributed by atoms with E-state index in [2.05, 4.69) is 6.92 Å². The van der Waals surface area contributed by atoms with E-state index in [0.717, 1.165) is 65.5 Å². The SMILES string of the molecule is COc1ccccc1-c1cc2nc(C)c(CCC(=O)N3CCCCC3)c(C)n2n1. The highest BCUT2D eigenvalue weighted by Gasteiger charge is 2.19. The number of benzene rings is 1. The van der Waals surface area contributed by atoms with Gasteiger partial charge in [0.25, 0.3) is 0 Å². The van der Waals surface area contributed by atoms with Gasteiger partial charge in [0, 0.05) is 42.5 Å². The van der Waals surface area contributed by atoms with E-state index in [4.69, 9.17) is 14.8 Å². The average molecular weight is 393 g/mol. The summed E-state index contributed by atoms with van der Waals surface area (Å²) in [6.45, 7) is 5.87. The van der Waals surface area contributed by atoms with Crippen LogP contribution in [0.2, 0.25) is 0 Å². The van der Waals surface area contributed by atoms with Crippen molar-refractivity contribution >= 4 is 11.6 Å². The second kappa shape index (κ2) is 8.23. The molecule has 1 fully saturated rings. The number of carbonyl (C=O) groups is 1. The van der Waals surface area contributed by atoms with E-state index < -0.39 is 0 Å². The highest BCUT2D eigenvalue weighted by Crippen LogP contribution is 2.30. The van der Waals surface area contributed by atoms with Crippen LogP contribution < -0.4 is 4.74 Å². The van der Waals surface area contributed by atoms with Gasteiger partial charge in [-0.2, -0.15) is 5.10 Å². The predicted octanol–water partition coefficient (Wildman–Crippen LogP) is 3.97. The number of para-hydroxylation sites is 1. The Morgan fingerprint density at radius 3 is 2.66 bits per heavy atom. The van der Waals surface area contributed by atoms with E-state index >= 15 is 0 Å². The zero-order valence-electron chi connectivity index (χ0n) is 17.4. The molecule has 1 aromatic carbocycles. The second-order valence-corrected chi connectivity index (χ2v) is 7.70. The zero-order valence-corrected chi connectivity index (χ0v) is 17.4. The number of aryl methyl sites for hydroxylation is 2. The minimum Gasteiger partial charge on any atom is -0.496 e. The van der Waals surface area contributed by atoms with Crippen LogP contribution in [0.1, 0.15) is 42.6 Å². The fraction of sp³-hybridized carbons (Fsp3) is 0.435. The molecule has 0 N–H and O–H groups in total. The monoisotopic (exact) mass is 392 g/mol. The van der Waals surface area contributed by atoms with Crippen LogP contribution in [0.15, 0.2) is 30.3 Å². The highest BCUT2D eigenvalue weighted by atomic mass is 16.5. The van der Waals surface area contributed by atoms with Crippen molar-refractivity contribution in [2.24, 2.45) is 0 Å². The van der Waals surface area contributed by atoms with Gasteiger partial charge in [-0.25, -0.2) is 9.50 Å². The normalized spacial score (nSPS) is 14.4. The molecule has 0 bridgehead atoms. The van der Waals surface area contributed by atoms with E-state index in [-0.39, 0.29) is 5.91 Å². The van der Waals surface area contributed by atoms with Crippen LogP contribution in [0.25, 0.3) is 16.9 Å². The summed E-state index contributed by atoms with van der Waals surface area (Å²) in [5, 5.41) is 4.79. The molecule has 152 valence electrons. The van der Waals surface area contributed by atoms with Gasteiger partial charge in [-0.1, -0.05) is 12.1 Å².